The number of ether oxygens (including phenoxy) is 1. The largest absolute Gasteiger partial charge is 0.468 e. The maximum absolute atomic E-state index is 10.5. The molecule has 0 radical (unpaired) electrons. The highest BCUT2D eigenvalue weighted by Gasteiger charge is 2.01. The molecule has 0 atom stereocenters. The zero-order valence-electron chi connectivity index (χ0n) is 7.29. The SMILES string of the molecule is C=O.CCN(C)CC(=O)OC. The zero-order chi connectivity index (χ0) is 9.28. The van der Waals surface area contributed by atoms with Crippen LogP contribution in [0.25, 0.3) is 0 Å². The fourth-order valence-corrected chi connectivity index (χ4v) is 0.397. The number of hydrogen-bond acceptors (Lipinski definition) is 4. The molecule has 0 saturated carbocycles. The van der Waals surface area contributed by atoms with Gasteiger partial charge >= 0.3 is 5.97 Å². The molecule has 0 unspecified atom stereocenters. The Morgan fingerprint density at radius 2 is 2.00 bits per heavy atom. The van der Waals surface area contributed by atoms with E-state index in [9.17, 15) is 4.79 Å². The average molecular weight is 161 g/mol. The van der Waals surface area contributed by atoms with Crippen LogP contribution < -0.4 is 0 Å². The second-order valence-electron chi connectivity index (χ2n) is 1.91. The third kappa shape index (κ3) is 9.10. The van der Waals surface area contributed by atoms with Gasteiger partial charge in [-0.1, -0.05) is 6.92 Å². The molecule has 0 aromatic carbocycles. The second kappa shape index (κ2) is 9.10. The first-order chi connectivity index (χ1) is 5.20. The first-order valence-electron chi connectivity index (χ1n) is 3.25. The summed E-state index contributed by atoms with van der Waals surface area (Å²) >= 11 is 0. The van der Waals surface area contributed by atoms with Crippen LogP contribution in [0, 0.1) is 0 Å². The van der Waals surface area contributed by atoms with Crippen LogP contribution in [0.15, 0.2) is 0 Å². The Labute approximate surface area is 67.1 Å². The molecule has 0 aliphatic rings. The van der Waals surface area contributed by atoms with Crippen LogP contribution >= 0.6 is 0 Å². The molecular weight excluding hydrogens is 146 g/mol. The lowest BCUT2D eigenvalue weighted by Gasteiger charge is -2.10. The molecule has 0 rings (SSSR count). The number of carbonyl (C=O) groups excluding carboxylic acids is 2. The quantitative estimate of drug-likeness (QED) is 0.543. The zero-order valence-corrected chi connectivity index (χ0v) is 7.29. The molecule has 0 saturated heterocycles. The third-order valence-corrected chi connectivity index (χ3v) is 1.17. The molecule has 0 spiro atoms. The van der Waals surface area contributed by atoms with Crippen LogP contribution in [-0.2, 0) is 14.3 Å². The van der Waals surface area contributed by atoms with Crippen LogP contribution in [0.2, 0.25) is 0 Å². The van der Waals surface area contributed by atoms with Gasteiger partial charge < -0.3 is 9.53 Å². The summed E-state index contributed by atoms with van der Waals surface area (Å²) in [7, 11) is 3.27. The molecule has 0 heterocycles. The summed E-state index contributed by atoms with van der Waals surface area (Å²) in [6, 6.07) is 0. The summed E-state index contributed by atoms with van der Waals surface area (Å²) in [4.78, 5) is 20.4. The Bertz CT molecular complexity index is 106. The fraction of sp³-hybridized carbons (Fsp3) is 0.714. The molecule has 0 aliphatic heterocycles. The Kier molecular flexibility index (Phi) is 10.5. The summed E-state index contributed by atoms with van der Waals surface area (Å²) in [5.41, 5.74) is 0. The van der Waals surface area contributed by atoms with Crippen LogP contribution in [0.4, 0.5) is 0 Å². The van der Waals surface area contributed by atoms with Gasteiger partial charge in [0.05, 0.1) is 13.7 Å². The Morgan fingerprint density at radius 1 is 1.55 bits per heavy atom. The monoisotopic (exact) mass is 161 g/mol. The minimum absolute atomic E-state index is 0.181. The van der Waals surface area contributed by atoms with Gasteiger partial charge in [-0.25, -0.2) is 0 Å². The number of likely N-dealkylation sites (N-methyl/N-ethyl adjacent to an activating group) is 1. The lowest BCUT2D eigenvalue weighted by molar-refractivity contribution is -0.141. The van der Waals surface area contributed by atoms with Crippen molar-refractivity contribution in [3.05, 3.63) is 0 Å². The van der Waals surface area contributed by atoms with Crippen molar-refractivity contribution in [2.75, 3.05) is 27.2 Å². The predicted molar refractivity (Wildman–Crippen MR) is 42.3 cm³/mol. The molecule has 11 heavy (non-hydrogen) atoms. The highest BCUT2D eigenvalue weighted by atomic mass is 16.5. The van der Waals surface area contributed by atoms with E-state index >= 15 is 0 Å². The summed E-state index contributed by atoms with van der Waals surface area (Å²) in [6.07, 6.45) is 0. The lowest BCUT2D eigenvalue weighted by Crippen LogP contribution is -2.26. The number of methoxy groups -OCH3 is 1. The molecule has 4 heteroatoms. The van der Waals surface area contributed by atoms with Crippen molar-refractivity contribution in [3.8, 4) is 0 Å². The van der Waals surface area contributed by atoms with Crippen LogP contribution in [0.5, 0.6) is 0 Å². The molecule has 0 fully saturated rings. The summed E-state index contributed by atoms with van der Waals surface area (Å²) in [5.74, 6) is -0.181. The molecule has 0 aromatic rings. The van der Waals surface area contributed by atoms with Gasteiger partial charge in [-0.05, 0) is 13.6 Å². The molecule has 0 amide bonds. The topological polar surface area (TPSA) is 46.6 Å². The van der Waals surface area contributed by atoms with Gasteiger partial charge in [0.15, 0.2) is 0 Å². The van der Waals surface area contributed by atoms with Gasteiger partial charge in [-0.3, -0.25) is 9.69 Å². The minimum Gasteiger partial charge on any atom is -0.468 e. The highest BCUT2D eigenvalue weighted by molar-refractivity contribution is 5.71. The molecule has 0 aromatic heterocycles. The van der Waals surface area contributed by atoms with Gasteiger partial charge in [0.1, 0.15) is 6.79 Å². The van der Waals surface area contributed by atoms with E-state index in [1.54, 1.807) is 0 Å². The second-order valence-corrected chi connectivity index (χ2v) is 1.91. The molecular formula is C7H15NO3. The van der Waals surface area contributed by atoms with Gasteiger partial charge in [-0.15, -0.1) is 0 Å². The van der Waals surface area contributed by atoms with Crippen LogP contribution in [0.3, 0.4) is 0 Å². The molecule has 0 bridgehead atoms. The van der Waals surface area contributed by atoms with Crippen molar-refractivity contribution in [2.45, 2.75) is 6.92 Å². The summed E-state index contributed by atoms with van der Waals surface area (Å²) < 4.78 is 4.44. The predicted octanol–water partition coefficient (Wildman–Crippen LogP) is -0.0738. The summed E-state index contributed by atoms with van der Waals surface area (Å²) in [5, 5.41) is 0. The highest BCUT2D eigenvalue weighted by Crippen LogP contribution is 1.81. The first kappa shape index (κ1) is 12.7. The van der Waals surface area contributed by atoms with Gasteiger partial charge in [0.25, 0.3) is 0 Å². The molecule has 66 valence electrons. The maximum Gasteiger partial charge on any atom is 0.319 e. The van der Waals surface area contributed by atoms with Crippen molar-refractivity contribution >= 4 is 12.8 Å². The average Bonchev–Trinajstić information content (AvgIpc) is 2.07. The van der Waals surface area contributed by atoms with Crippen molar-refractivity contribution in [1.82, 2.24) is 4.90 Å². The number of nitrogens with zero attached hydrogens (tertiary/aromatic N) is 1. The number of carbonyl (C=O) groups is 2. The van der Waals surface area contributed by atoms with E-state index in [4.69, 9.17) is 4.79 Å². The summed E-state index contributed by atoms with van der Waals surface area (Å²) in [6.45, 7) is 5.24. The first-order valence-corrected chi connectivity index (χ1v) is 3.25. The normalized spacial score (nSPS) is 8.36. The van der Waals surface area contributed by atoms with E-state index in [0.29, 0.717) is 6.54 Å². The molecule has 0 aliphatic carbocycles. The maximum atomic E-state index is 10.5. The van der Waals surface area contributed by atoms with Crippen molar-refractivity contribution in [2.24, 2.45) is 0 Å². The molecule has 4 nitrogen and oxygen atoms in total. The van der Waals surface area contributed by atoms with Crippen LogP contribution in [0.1, 0.15) is 6.92 Å². The van der Waals surface area contributed by atoms with Crippen molar-refractivity contribution in [1.29, 1.82) is 0 Å². The standard InChI is InChI=1S/C6H13NO2.CH2O/c1-4-7(2)5-6(8)9-3;1-2/h4-5H2,1-3H3;1H2. The number of rotatable bonds is 3. The van der Waals surface area contributed by atoms with E-state index in [1.807, 2.05) is 25.7 Å². The Morgan fingerprint density at radius 3 is 2.27 bits per heavy atom. The number of esters is 1. The van der Waals surface area contributed by atoms with E-state index in [1.165, 1.54) is 7.11 Å². The third-order valence-electron chi connectivity index (χ3n) is 1.17. The lowest BCUT2D eigenvalue weighted by atomic mass is 10.5. The molecule has 0 N–H and O–H groups in total. The van der Waals surface area contributed by atoms with Crippen molar-refractivity contribution in [3.63, 3.8) is 0 Å². The van der Waals surface area contributed by atoms with Gasteiger partial charge in [-0.2, -0.15) is 0 Å². The Balaban J connectivity index is 0. The van der Waals surface area contributed by atoms with E-state index in [0.717, 1.165) is 6.54 Å². The van der Waals surface area contributed by atoms with E-state index in [-0.39, 0.29) is 5.97 Å². The van der Waals surface area contributed by atoms with Crippen molar-refractivity contribution < 1.29 is 14.3 Å². The smallest absolute Gasteiger partial charge is 0.319 e. The van der Waals surface area contributed by atoms with E-state index < -0.39 is 0 Å². The number of hydrogen-bond donors (Lipinski definition) is 0. The Hall–Kier alpha value is -0.900. The van der Waals surface area contributed by atoms with Gasteiger partial charge in [0, 0.05) is 0 Å². The van der Waals surface area contributed by atoms with Crippen LogP contribution in [-0.4, -0.2) is 44.9 Å². The van der Waals surface area contributed by atoms with Gasteiger partial charge in [0.2, 0.25) is 0 Å². The van der Waals surface area contributed by atoms with E-state index in [2.05, 4.69) is 4.74 Å². The minimum atomic E-state index is -0.181. The fourth-order valence-electron chi connectivity index (χ4n) is 0.397.